The lowest BCUT2D eigenvalue weighted by Gasteiger charge is -2.25. The van der Waals surface area contributed by atoms with Gasteiger partial charge in [0.25, 0.3) is 0 Å². The molecule has 0 radical (unpaired) electrons. The largest absolute Gasteiger partial charge is 0.362 e. The summed E-state index contributed by atoms with van der Waals surface area (Å²) in [5, 5.41) is 7.46. The van der Waals surface area contributed by atoms with Crippen LogP contribution in [-0.2, 0) is 0 Å². The molecule has 0 aromatic rings. The second-order valence-electron chi connectivity index (χ2n) is 5.84. The molecule has 1 unspecified atom stereocenters. The van der Waals surface area contributed by atoms with Crippen LogP contribution in [-0.4, -0.2) is 43.2 Å². The van der Waals surface area contributed by atoms with Gasteiger partial charge in [0.1, 0.15) is 0 Å². The Kier molecular flexibility index (Phi) is 8.52. The van der Waals surface area contributed by atoms with Crippen molar-refractivity contribution in [2.24, 2.45) is 11.8 Å². The quantitative estimate of drug-likeness (QED) is 0.685. The number of hydrogen-bond acceptors (Lipinski definition) is 2. The van der Waals surface area contributed by atoms with E-state index in [0.29, 0.717) is 17.9 Å². The molecular weight excluding hydrogens is 230 g/mol. The molecule has 0 fully saturated rings. The van der Waals surface area contributed by atoms with Crippen molar-refractivity contribution >= 4 is 17.3 Å². The van der Waals surface area contributed by atoms with E-state index < -0.39 is 0 Å². The van der Waals surface area contributed by atoms with Crippen molar-refractivity contribution in [1.82, 2.24) is 15.5 Å². The van der Waals surface area contributed by atoms with Crippen molar-refractivity contribution in [3.63, 3.8) is 0 Å². The first kappa shape index (κ1) is 16.6. The highest BCUT2D eigenvalue weighted by molar-refractivity contribution is 7.80. The fraction of sp³-hybridized carbons (Fsp3) is 0.923. The highest BCUT2D eigenvalue weighted by atomic mass is 32.1. The van der Waals surface area contributed by atoms with Crippen molar-refractivity contribution in [3.8, 4) is 0 Å². The normalized spacial score (nSPS) is 13.2. The fourth-order valence-electron chi connectivity index (χ4n) is 1.72. The summed E-state index contributed by atoms with van der Waals surface area (Å²) in [6.07, 6.45) is 1.14. The molecular formula is C13H29N3S. The van der Waals surface area contributed by atoms with Crippen LogP contribution in [0.15, 0.2) is 0 Å². The zero-order valence-electron chi connectivity index (χ0n) is 12.2. The maximum absolute atomic E-state index is 5.31. The summed E-state index contributed by atoms with van der Waals surface area (Å²) in [6, 6.07) is 0.428. The standard InChI is InChI=1S/C13H29N3S/c1-10(2)7-12(9-16(5)6)15-13(17)14-8-11(3)4/h10-12H,7-9H2,1-6H3,(H2,14,15,17). The van der Waals surface area contributed by atoms with Gasteiger partial charge in [-0.3, -0.25) is 0 Å². The molecule has 4 heteroatoms. The Labute approximate surface area is 112 Å². The van der Waals surface area contributed by atoms with Gasteiger partial charge in [0, 0.05) is 19.1 Å². The van der Waals surface area contributed by atoms with Gasteiger partial charge in [0.15, 0.2) is 5.11 Å². The highest BCUT2D eigenvalue weighted by Crippen LogP contribution is 2.05. The smallest absolute Gasteiger partial charge is 0.166 e. The molecule has 1 atom stereocenters. The number of hydrogen-bond donors (Lipinski definition) is 2. The molecule has 3 nitrogen and oxygen atoms in total. The minimum Gasteiger partial charge on any atom is -0.362 e. The predicted molar refractivity (Wildman–Crippen MR) is 80.4 cm³/mol. The zero-order valence-corrected chi connectivity index (χ0v) is 13.0. The van der Waals surface area contributed by atoms with Crippen LogP contribution >= 0.6 is 12.2 Å². The van der Waals surface area contributed by atoms with Gasteiger partial charge >= 0.3 is 0 Å². The SMILES string of the molecule is CC(C)CNC(=S)NC(CC(C)C)CN(C)C. The molecule has 102 valence electrons. The van der Waals surface area contributed by atoms with Gasteiger partial charge in [-0.1, -0.05) is 27.7 Å². The molecule has 0 rings (SSSR count). The van der Waals surface area contributed by atoms with Crippen LogP contribution in [0.1, 0.15) is 34.1 Å². The fourth-order valence-corrected chi connectivity index (χ4v) is 1.97. The average molecular weight is 259 g/mol. The topological polar surface area (TPSA) is 27.3 Å². The van der Waals surface area contributed by atoms with E-state index in [4.69, 9.17) is 12.2 Å². The molecule has 0 saturated heterocycles. The van der Waals surface area contributed by atoms with Crippen LogP contribution in [0, 0.1) is 11.8 Å². The second-order valence-corrected chi connectivity index (χ2v) is 6.25. The predicted octanol–water partition coefficient (Wildman–Crippen LogP) is 2.08. The molecule has 0 aliphatic rings. The summed E-state index contributed by atoms with van der Waals surface area (Å²) in [7, 11) is 4.19. The molecule has 0 saturated carbocycles. The van der Waals surface area contributed by atoms with E-state index >= 15 is 0 Å². The number of rotatable bonds is 7. The van der Waals surface area contributed by atoms with E-state index in [1.165, 1.54) is 0 Å². The highest BCUT2D eigenvalue weighted by Gasteiger charge is 2.13. The van der Waals surface area contributed by atoms with Gasteiger partial charge in [-0.25, -0.2) is 0 Å². The number of nitrogens with one attached hydrogen (secondary N) is 2. The molecule has 0 bridgehead atoms. The summed E-state index contributed by atoms with van der Waals surface area (Å²) in [6.45, 7) is 10.8. The summed E-state index contributed by atoms with van der Waals surface area (Å²) in [5.74, 6) is 1.30. The Morgan fingerprint density at radius 2 is 1.71 bits per heavy atom. The molecule has 0 aliphatic carbocycles. The third-order valence-electron chi connectivity index (χ3n) is 2.35. The average Bonchev–Trinajstić information content (AvgIpc) is 2.12. The Bertz CT molecular complexity index is 205. The van der Waals surface area contributed by atoms with E-state index in [1.807, 2.05) is 0 Å². The van der Waals surface area contributed by atoms with Crippen LogP contribution in [0.3, 0.4) is 0 Å². The molecule has 0 amide bonds. The van der Waals surface area contributed by atoms with Crippen LogP contribution in [0.2, 0.25) is 0 Å². The van der Waals surface area contributed by atoms with Crippen molar-refractivity contribution in [1.29, 1.82) is 0 Å². The van der Waals surface area contributed by atoms with E-state index in [-0.39, 0.29) is 0 Å². The number of nitrogens with zero attached hydrogens (tertiary/aromatic N) is 1. The molecule has 0 aromatic heterocycles. The van der Waals surface area contributed by atoms with Gasteiger partial charge in [-0.05, 0) is 44.6 Å². The summed E-state index contributed by atoms with van der Waals surface area (Å²) >= 11 is 5.31. The van der Waals surface area contributed by atoms with Crippen LogP contribution < -0.4 is 10.6 Å². The minimum atomic E-state index is 0.428. The number of thiocarbonyl (C=S) groups is 1. The van der Waals surface area contributed by atoms with Crippen molar-refractivity contribution in [3.05, 3.63) is 0 Å². The molecule has 0 aromatic carbocycles. The van der Waals surface area contributed by atoms with Gasteiger partial charge < -0.3 is 15.5 Å². The molecule has 17 heavy (non-hydrogen) atoms. The number of likely N-dealkylation sites (N-methyl/N-ethyl adjacent to an activating group) is 1. The maximum atomic E-state index is 5.31. The molecule has 0 heterocycles. The van der Waals surface area contributed by atoms with E-state index in [2.05, 4.69) is 57.3 Å². The van der Waals surface area contributed by atoms with Gasteiger partial charge in [-0.15, -0.1) is 0 Å². The van der Waals surface area contributed by atoms with Gasteiger partial charge in [0.05, 0.1) is 0 Å². The summed E-state index contributed by atoms with van der Waals surface area (Å²) < 4.78 is 0. The summed E-state index contributed by atoms with van der Waals surface area (Å²) in [5.41, 5.74) is 0. The first-order chi connectivity index (χ1) is 7.81. The second kappa shape index (κ2) is 8.70. The molecule has 2 N–H and O–H groups in total. The van der Waals surface area contributed by atoms with E-state index in [1.54, 1.807) is 0 Å². The summed E-state index contributed by atoms with van der Waals surface area (Å²) in [4.78, 5) is 2.20. The lowest BCUT2D eigenvalue weighted by Crippen LogP contribution is -2.47. The van der Waals surface area contributed by atoms with Crippen LogP contribution in [0.4, 0.5) is 0 Å². The van der Waals surface area contributed by atoms with Crippen LogP contribution in [0.25, 0.3) is 0 Å². The maximum Gasteiger partial charge on any atom is 0.166 e. The first-order valence-electron chi connectivity index (χ1n) is 6.50. The Morgan fingerprint density at radius 3 is 2.12 bits per heavy atom. The first-order valence-corrected chi connectivity index (χ1v) is 6.91. The molecule has 0 aliphatic heterocycles. The van der Waals surface area contributed by atoms with Crippen molar-refractivity contribution < 1.29 is 0 Å². The van der Waals surface area contributed by atoms with Gasteiger partial charge in [-0.2, -0.15) is 0 Å². The van der Waals surface area contributed by atoms with Crippen LogP contribution in [0.5, 0.6) is 0 Å². The Hall–Kier alpha value is -0.350. The van der Waals surface area contributed by atoms with Crippen molar-refractivity contribution in [2.45, 2.75) is 40.2 Å². The monoisotopic (exact) mass is 259 g/mol. The van der Waals surface area contributed by atoms with Crippen molar-refractivity contribution in [2.75, 3.05) is 27.2 Å². The lowest BCUT2D eigenvalue weighted by atomic mass is 10.0. The lowest BCUT2D eigenvalue weighted by molar-refractivity contribution is 0.327. The molecule has 0 spiro atoms. The third kappa shape index (κ3) is 10.5. The van der Waals surface area contributed by atoms with E-state index in [9.17, 15) is 0 Å². The Morgan fingerprint density at radius 1 is 1.12 bits per heavy atom. The zero-order chi connectivity index (χ0) is 13.4. The minimum absolute atomic E-state index is 0.428. The Balaban J connectivity index is 4.08. The van der Waals surface area contributed by atoms with E-state index in [0.717, 1.165) is 24.6 Å². The van der Waals surface area contributed by atoms with Gasteiger partial charge in [0.2, 0.25) is 0 Å². The third-order valence-corrected chi connectivity index (χ3v) is 2.61.